The van der Waals surface area contributed by atoms with E-state index in [0.29, 0.717) is 41.9 Å². The van der Waals surface area contributed by atoms with Crippen LogP contribution in [0.2, 0.25) is 0 Å². The van der Waals surface area contributed by atoms with E-state index in [1.54, 1.807) is 72.0 Å². The van der Waals surface area contributed by atoms with Crippen LogP contribution in [0.15, 0.2) is 97.1 Å². The number of hydrogen-bond donors (Lipinski definition) is 2. The van der Waals surface area contributed by atoms with Crippen LogP contribution in [-0.2, 0) is 70.2 Å². The summed E-state index contributed by atoms with van der Waals surface area (Å²) in [5.41, 5.74) is -0.246. The summed E-state index contributed by atoms with van der Waals surface area (Å²) in [7, 11) is 7.47. The molecule has 6 rings (SSSR count). The summed E-state index contributed by atoms with van der Waals surface area (Å²) in [5, 5.41) is 7.62. The van der Waals surface area contributed by atoms with Crippen LogP contribution in [0, 0.1) is 11.3 Å². The molecule has 0 spiro atoms. The van der Waals surface area contributed by atoms with Crippen molar-refractivity contribution in [3.8, 4) is 17.2 Å². The number of nitrogens with zero attached hydrogens (tertiary/aromatic N) is 4. The number of hydrogen-bond acceptors (Lipinski definition) is 15. The lowest BCUT2D eigenvalue weighted by atomic mass is 9.87. The van der Waals surface area contributed by atoms with Crippen molar-refractivity contribution in [3.05, 3.63) is 114 Å². The normalized spacial score (nSPS) is 22.5. The monoisotopic (exact) mass is 1220 g/mol. The van der Waals surface area contributed by atoms with Crippen LogP contribution in [0.4, 0.5) is 0 Å². The van der Waals surface area contributed by atoms with E-state index in [9.17, 15) is 38.4 Å². The maximum Gasteiger partial charge on any atom is 0.330 e. The second-order valence-corrected chi connectivity index (χ2v) is 24.5. The molecule has 4 aromatic rings. The number of amides is 6. The van der Waals surface area contributed by atoms with Gasteiger partial charge in [0.05, 0.1) is 31.8 Å². The number of aryl methyl sites for hydroxylation is 1. The maximum atomic E-state index is 15.1. The van der Waals surface area contributed by atoms with Gasteiger partial charge in [0.15, 0.2) is 18.1 Å². The first-order valence-corrected chi connectivity index (χ1v) is 30.0. The Morgan fingerprint density at radius 2 is 1.44 bits per heavy atom. The van der Waals surface area contributed by atoms with E-state index < -0.39 is 120 Å². The molecule has 1 saturated heterocycles. The number of fused-ring (bicyclic) bond motifs is 4. The van der Waals surface area contributed by atoms with E-state index in [2.05, 4.69) is 10.6 Å². The molecular weight excluding hydrogens is 1130 g/mol. The Morgan fingerprint density at radius 3 is 2.14 bits per heavy atom. The molecule has 21 heteroatoms. The fraction of sp³-hybridized carbons (Fsp3) is 0.507. The fourth-order valence-corrected chi connectivity index (χ4v) is 10.2. The molecule has 2 aliphatic heterocycles. The van der Waals surface area contributed by atoms with Crippen molar-refractivity contribution in [2.75, 3.05) is 68.3 Å². The van der Waals surface area contributed by atoms with Crippen LogP contribution in [0.3, 0.4) is 0 Å². The Kier molecular flexibility index (Phi) is 24.3. The van der Waals surface area contributed by atoms with Gasteiger partial charge in [-0.3, -0.25) is 33.6 Å². The summed E-state index contributed by atoms with van der Waals surface area (Å²) < 4.78 is 35.1. The maximum absolute atomic E-state index is 15.1. The summed E-state index contributed by atoms with van der Waals surface area (Å²) in [6, 6.07) is 19.5. The number of carbonyl (C=O) groups excluding carboxylic acids is 9. The average molecular weight is 1220 g/mol. The summed E-state index contributed by atoms with van der Waals surface area (Å²) in [4.78, 5) is 133. The van der Waals surface area contributed by atoms with Gasteiger partial charge in [-0.25, -0.2) is 9.59 Å². The Hall–Kier alpha value is -8.33. The number of rotatable bonds is 10. The number of cyclic esters (lactones) is 2. The van der Waals surface area contributed by atoms with Crippen LogP contribution in [0.1, 0.15) is 110 Å². The van der Waals surface area contributed by atoms with E-state index >= 15 is 4.79 Å². The molecule has 4 aromatic carbocycles. The van der Waals surface area contributed by atoms with E-state index in [0.717, 1.165) is 22.4 Å². The highest BCUT2D eigenvalue weighted by molar-refractivity contribution is 6.38. The summed E-state index contributed by atoms with van der Waals surface area (Å²) in [6.45, 7) is 12.3. The predicted molar refractivity (Wildman–Crippen MR) is 330 cm³/mol. The van der Waals surface area contributed by atoms with Crippen molar-refractivity contribution in [3.63, 3.8) is 0 Å². The number of Topliss-reactive ketones (excluding diaryl/α,β-unsaturated/α-hetero) is 1. The topological polar surface area (TPSA) is 246 Å². The van der Waals surface area contributed by atoms with Gasteiger partial charge >= 0.3 is 11.9 Å². The Labute approximate surface area is 516 Å². The quantitative estimate of drug-likeness (QED) is 0.123. The molecule has 0 aromatic heterocycles. The molecule has 88 heavy (non-hydrogen) atoms. The van der Waals surface area contributed by atoms with Crippen molar-refractivity contribution in [2.24, 2.45) is 11.3 Å². The van der Waals surface area contributed by atoms with Gasteiger partial charge in [0.25, 0.3) is 11.8 Å². The molecule has 21 nitrogen and oxygen atoms in total. The lowest BCUT2D eigenvalue weighted by Gasteiger charge is -2.36. The number of ether oxygens (including phenoxy) is 6. The SMILES string of the molecule is COc1ccc(CC[C@H]2OC(=O)[C@@H]3CCCCN3C(=O)C(=O)C(C)(C)COC(=O)C=CCCN(C)C(=O)[C@H](C(C)C)NC(=O)[C@H](COC(C)(C)C)N(C)C(=O)[C@H](Cc3ccc4ccccc4c3)NC(=O)[C@H](C)N(C)C(=O)COc3cccc2c3)cc1OC. The highest BCUT2D eigenvalue weighted by atomic mass is 16.5. The van der Waals surface area contributed by atoms with Crippen molar-refractivity contribution < 1.29 is 71.6 Å². The van der Waals surface area contributed by atoms with Gasteiger partial charge in [0.2, 0.25) is 29.4 Å². The van der Waals surface area contributed by atoms with Gasteiger partial charge in [-0.05, 0) is 138 Å². The zero-order valence-electron chi connectivity index (χ0n) is 53.2. The standard InChI is InChI=1S/C67H88N6O15/c1-42(2)58-63(80)70(9)33-18-17-26-57(75)86-41-67(7,8)59(76)64(81)73-34-19-16-25-51(73)65(82)88-53(31-28-44-29-32-54(83-12)55(37-44)84-13)48-23-20-24-49(38-48)85-40-56(74)71(10)43(3)60(77)68-50(36-45-27-30-46-21-14-15-22-47(46)35-45)62(79)72(11)52(61(78)69-58)39-87-66(4,5)6/h14-15,17,20-24,26-27,29-30,32,35,37-38,42-43,50-53,58H,16,18-19,25,28,31,33-34,36,39-41H2,1-13H3,(H,68,77)(H,69,78)/t43-,50-,51-,52-,53+,58-/m0/s1. The molecule has 476 valence electrons. The van der Waals surface area contributed by atoms with Crippen molar-refractivity contribution in [1.29, 1.82) is 0 Å². The molecule has 0 unspecified atom stereocenters. The van der Waals surface area contributed by atoms with Crippen molar-refractivity contribution in [2.45, 2.75) is 142 Å². The van der Waals surface area contributed by atoms with Crippen LogP contribution in [-0.4, -0.2) is 177 Å². The first-order chi connectivity index (χ1) is 41.6. The van der Waals surface area contributed by atoms with Crippen molar-refractivity contribution in [1.82, 2.24) is 30.2 Å². The second-order valence-electron chi connectivity index (χ2n) is 24.5. The minimum Gasteiger partial charge on any atom is -0.493 e. The Morgan fingerprint density at radius 1 is 0.739 bits per heavy atom. The van der Waals surface area contributed by atoms with Gasteiger partial charge in [0, 0.05) is 46.7 Å². The molecular formula is C67H88N6O15. The third-order valence-corrected chi connectivity index (χ3v) is 15.9. The van der Waals surface area contributed by atoms with E-state index in [4.69, 9.17) is 28.4 Å². The molecule has 0 saturated carbocycles. The number of methoxy groups -OCH3 is 2. The average Bonchev–Trinajstić information content (AvgIpc) is 1.42. The molecule has 2 heterocycles. The minimum atomic E-state index is -1.50. The highest BCUT2D eigenvalue weighted by Crippen LogP contribution is 2.33. The lowest BCUT2D eigenvalue weighted by Crippen LogP contribution is -2.60. The van der Waals surface area contributed by atoms with Crippen LogP contribution < -0.4 is 24.8 Å². The zero-order chi connectivity index (χ0) is 64.6. The van der Waals surface area contributed by atoms with Crippen LogP contribution in [0.25, 0.3) is 10.8 Å². The number of benzene rings is 4. The number of nitrogens with one attached hydrogen (secondary N) is 2. The summed E-state index contributed by atoms with van der Waals surface area (Å²) >= 11 is 0. The fourth-order valence-electron chi connectivity index (χ4n) is 10.2. The first-order valence-electron chi connectivity index (χ1n) is 30.0. The third kappa shape index (κ3) is 18.6. The largest absolute Gasteiger partial charge is 0.493 e. The minimum absolute atomic E-state index is 0.0125. The Balaban J connectivity index is 1.34. The molecule has 2 bridgehead atoms. The molecule has 0 aliphatic carbocycles. The van der Waals surface area contributed by atoms with Gasteiger partial charge in [-0.2, -0.15) is 0 Å². The van der Waals surface area contributed by atoms with Gasteiger partial charge in [-0.15, -0.1) is 0 Å². The zero-order valence-corrected chi connectivity index (χ0v) is 53.2. The lowest BCUT2D eigenvalue weighted by molar-refractivity contribution is -0.165. The number of carbonyl (C=O) groups is 9. The number of esters is 2. The van der Waals surface area contributed by atoms with E-state index in [1.165, 1.54) is 74.8 Å². The number of piperidine rings is 1. The number of likely N-dealkylation sites (N-methyl/N-ethyl adjacent to an activating group) is 3. The highest BCUT2D eigenvalue weighted by Gasteiger charge is 2.43. The van der Waals surface area contributed by atoms with Gasteiger partial charge < -0.3 is 58.7 Å². The molecule has 6 atom stereocenters. The molecule has 6 amide bonds. The second kappa shape index (κ2) is 31.0. The predicted octanol–water partition coefficient (Wildman–Crippen LogP) is 6.75. The third-order valence-electron chi connectivity index (χ3n) is 15.9. The van der Waals surface area contributed by atoms with E-state index in [-0.39, 0.29) is 51.1 Å². The first kappa shape index (κ1) is 68.8. The molecule has 1 fully saturated rings. The van der Waals surface area contributed by atoms with Crippen LogP contribution in [0.5, 0.6) is 17.2 Å². The smallest absolute Gasteiger partial charge is 0.330 e. The van der Waals surface area contributed by atoms with E-state index in [1.807, 2.05) is 54.6 Å². The van der Waals surface area contributed by atoms with Gasteiger partial charge in [0.1, 0.15) is 48.7 Å². The summed E-state index contributed by atoms with van der Waals surface area (Å²) in [5.74, 6) is -5.58. The van der Waals surface area contributed by atoms with Gasteiger partial charge in [-0.1, -0.05) is 80.6 Å². The van der Waals surface area contributed by atoms with Crippen LogP contribution >= 0.6 is 0 Å². The Bertz CT molecular complexity index is 3190. The van der Waals surface area contributed by atoms with Crippen molar-refractivity contribution >= 4 is 63.9 Å². The summed E-state index contributed by atoms with van der Waals surface area (Å²) in [6.07, 6.45) is 3.82. The number of ketones is 1. The molecule has 2 aliphatic rings. The molecule has 2 N–H and O–H groups in total. The molecule has 0 radical (unpaired) electrons.